The molecule has 1 fully saturated rings. The summed E-state index contributed by atoms with van der Waals surface area (Å²) in [6.07, 6.45) is 7.91. The maximum Gasteiger partial charge on any atom is 0.315 e. The molecule has 1 atom stereocenters. The van der Waals surface area contributed by atoms with Crippen molar-refractivity contribution in [2.24, 2.45) is 0 Å². The van der Waals surface area contributed by atoms with Gasteiger partial charge in [-0.3, -0.25) is 4.79 Å². The minimum Gasteiger partial charge on any atom is -0.465 e. The first-order chi connectivity index (χ1) is 10.2. The van der Waals surface area contributed by atoms with Crippen molar-refractivity contribution >= 4 is 34.2 Å². The first-order valence-corrected chi connectivity index (χ1v) is 9.67. The highest BCUT2D eigenvalue weighted by atomic mass is 32.2. The van der Waals surface area contributed by atoms with Crippen molar-refractivity contribution in [2.75, 3.05) is 24.7 Å². The standard InChI is InChI=1S/C15H22N2O2S2/c1-3-19-13(18)10-5-6-11-12(10)17-14(21-11)16-9-15(20-2)7-4-8-15/h10H,3-9H2,1-2H3,(H,16,17). The summed E-state index contributed by atoms with van der Waals surface area (Å²) in [6.45, 7) is 3.27. The molecule has 21 heavy (non-hydrogen) atoms. The highest BCUT2D eigenvalue weighted by Crippen LogP contribution is 2.44. The molecule has 2 aliphatic rings. The Morgan fingerprint density at radius 1 is 1.57 bits per heavy atom. The molecule has 0 aromatic carbocycles. The van der Waals surface area contributed by atoms with E-state index in [9.17, 15) is 4.79 Å². The average Bonchev–Trinajstić information content (AvgIpc) is 2.97. The molecule has 0 saturated heterocycles. The molecule has 0 aliphatic heterocycles. The Balaban J connectivity index is 1.64. The van der Waals surface area contributed by atoms with Crippen LogP contribution in [0.4, 0.5) is 5.13 Å². The van der Waals surface area contributed by atoms with Gasteiger partial charge in [-0.1, -0.05) is 6.42 Å². The van der Waals surface area contributed by atoms with E-state index < -0.39 is 0 Å². The predicted molar refractivity (Wildman–Crippen MR) is 88.4 cm³/mol. The molecular formula is C15H22N2O2S2. The number of carbonyl (C=O) groups is 1. The number of carbonyl (C=O) groups excluding carboxylic acids is 1. The van der Waals surface area contributed by atoms with E-state index in [2.05, 4.69) is 16.6 Å². The number of anilines is 1. The molecule has 3 rings (SSSR count). The molecule has 1 unspecified atom stereocenters. The Bertz CT molecular complexity index is 520. The second kappa shape index (κ2) is 6.16. The van der Waals surface area contributed by atoms with E-state index >= 15 is 0 Å². The van der Waals surface area contributed by atoms with E-state index in [0.717, 1.165) is 30.2 Å². The molecular weight excluding hydrogens is 304 g/mol. The Labute approximate surface area is 134 Å². The van der Waals surface area contributed by atoms with Gasteiger partial charge in [0.15, 0.2) is 5.13 Å². The van der Waals surface area contributed by atoms with Gasteiger partial charge in [0, 0.05) is 16.2 Å². The van der Waals surface area contributed by atoms with Crippen LogP contribution in [0.15, 0.2) is 0 Å². The lowest BCUT2D eigenvalue weighted by molar-refractivity contribution is -0.145. The van der Waals surface area contributed by atoms with E-state index in [1.54, 1.807) is 11.3 Å². The van der Waals surface area contributed by atoms with Gasteiger partial charge in [-0.25, -0.2) is 4.98 Å². The number of hydrogen-bond donors (Lipinski definition) is 1. The Morgan fingerprint density at radius 3 is 3.00 bits per heavy atom. The number of thioether (sulfide) groups is 1. The zero-order valence-corrected chi connectivity index (χ0v) is 14.2. The average molecular weight is 326 g/mol. The van der Waals surface area contributed by atoms with Crippen molar-refractivity contribution < 1.29 is 9.53 Å². The fourth-order valence-corrected chi connectivity index (χ4v) is 4.98. The van der Waals surface area contributed by atoms with Crippen LogP contribution in [-0.2, 0) is 16.0 Å². The highest BCUT2D eigenvalue weighted by molar-refractivity contribution is 8.00. The van der Waals surface area contributed by atoms with Gasteiger partial charge in [-0.2, -0.15) is 11.8 Å². The number of rotatable bonds is 6. The quantitative estimate of drug-likeness (QED) is 0.812. The van der Waals surface area contributed by atoms with Crippen LogP contribution >= 0.6 is 23.1 Å². The van der Waals surface area contributed by atoms with E-state index in [0.29, 0.717) is 11.4 Å². The molecule has 1 heterocycles. The monoisotopic (exact) mass is 326 g/mol. The molecule has 6 heteroatoms. The van der Waals surface area contributed by atoms with Crippen LogP contribution in [0.3, 0.4) is 0 Å². The van der Waals surface area contributed by atoms with Crippen molar-refractivity contribution in [3.05, 3.63) is 10.6 Å². The molecule has 1 aromatic heterocycles. The van der Waals surface area contributed by atoms with Crippen molar-refractivity contribution in [1.29, 1.82) is 0 Å². The lowest BCUT2D eigenvalue weighted by Crippen LogP contribution is -2.40. The topological polar surface area (TPSA) is 51.2 Å². The third kappa shape index (κ3) is 2.93. The fourth-order valence-electron chi connectivity index (χ4n) is 3.04. The van der Waals surface area contributed by atoms with Crippen LogP contribution < -0.4 is 5.32 Å². The number of aromatic nitrogens is 1. The van der Waals surface area contributed by atoms with Crippen molar-refractivity contribution in [3.63, 3.8) is 0 Å². The lowest BCUT2D eigenvalue weighted by atomic mass is 9.84. The van der Waals surface area contributed by atoms with Crippen molar-refractivity contribution in [2.45, 2.75) is 49.7 Å². The summed E-state index contributed by atoms with van der Waals surface area (Å²) in [7, 11) is 0. The largest absolute Gasteiger partial charge is 0.465 e. The van der Waals surface area contributed by atoms with E-state index in [-0.39, 0.29) is 11.9 Å². The fraction of sp³-hybridized carbons (Fsp3) is 0.733. The summed E-state index contributed by atoms with van der Waals surface area (Å²) in [5.74, 6) is -0.266. The highest BCUT2D eigenvalue weighted by Gasteiger charge is 2.37. The van der Waals surface area contributed by atoms with Gasteiger partial charge >= 0.3 is 5.97 Å². The second-order valence-electron chi connectivity index (χ2n) is 5.76. The molecule has 2 aliphatic carbocycles. The van der Waals surface area contributed by atoms with Crippen molar-refractivity contribution in [3.8, 4) is 0 Å². The number of fused-ring (bicyclic) bond motifs is 1. The lowest BCUT2D eigenvalue weighted by Gasteiger charge is -2.40. The summed E-state index contributed by atoms with van der Waals surface area (Å²) < 4.78 is 5.55. The zero-order valence-electron chi connectivity index (χ0n) is 12.6. The Kier molecular flexibility index (Phi) is 4.45. The third-order valence-corrected chi connectivity index (χ3v) is 7.06. The molecule has 1 N–H and O–H groups in total. The summed E-state index contributed by atoms with van der Waals surface area (Å²) >= 11 is 3.67. The van der Waals surface area contributed by atoms with E-state index in [1.807, 2.05) is 18.7 Å². The van der Waals surface area contributed by atoms with Crippen LogP contribution in [-0.4, -0.2) is 35.1 Å². The van der Waals surface area contributed by atoms with Gasteiger partial charge < -0.3 is 10.1 Å². The summed E-state index contributed by atoms with van der Waals surface area (Å²) in [5, 5.41) is 4.46. The SMILES string of the molecule is CCOC(=O)C1CCc2sc(NCC3(SC)CCC3)nc21. The number of ether oxygens (including phenoxy) is 1. The number of hydrogen-bond acceptors (Lipinski definition) is 6. The normalized spacial score (nSPS) is 22.5. The zero-order chi connectivity index (χ0) is 14.9. The van der Waals surface area contributed by atoms with Gasteiger partial charge in [0.25, 0.3) is 0 Å². The van der Waals surface area contributed by atoms with Crippen molar-refractivity contribution in [1.82, 2.24) is 4.98 Å². The smallest absolute Gasteiger partial charge is 0.315 e. The van der Waals surface area contributed by atoms with Gasteiger partial charge in [-0.15, -0.1) is 11.3 Å². The summed E-state index contributed by atoms with van der Waals surface area (Å²) in [4.78, 5) is 17.9. The van der Waals surface area contributed by atoms with Crippen LogP contribution in [0.1, 0.15) is 49.1 Å². The first-order valence-electron chi connectivity index (χ1n) is 7.63. The minimum atomic E-state index is -0.148. The molecule has 4 nitrogen and oxygen atoms in total. The number of aryl methyl sites for hydroxylation is 1. The number of thiazole rings is 1. The van der Waals surface area contributed by atoms with Gasteiger partial charge in [0.05, 0.1) is 12.3 Å². The van der Waals surface area contributed by atoms with Crippen LogP contribution in [0, 0.1) is 0 Å². The van der Waals surface area contributed by atoms with Gasteiger partial charge in [0.2, 0.25) is 0 Å². The molecule has 1 saturated carbocycles. The molecule has 0 bridgehead atoms. The van der Waals surface area contributed by atoms with Crippen LogP contribution in [0.25, 0.3) is 0 Å². The molecule has 0 amide bonds. The van der Waals surface area contributed by atoms with Gasteiger partial charge in [-0.05, 0) is 38.9 Å². The molecule has 116 valence electrons. The van der Waals surface area contributed by atoms with Gasteiger partial charge in [0.1, 0.15) is 5.92 Å². The molecule has 0 spiro atoms. The van der Waals surface area contributed by atoms with E-state index in [4.69, 9.17) is 4.74 Å². The van der Waals surface area contributed by atoms with Crippen LogP contribution in [0.5, 0.6) is 0 Å². The Hall–Kier alpha value is -0.750. The predicted octanol–water partition coefficient (Wildman–Crippen LogP) is 3.43. The Morgan fingerprint density at radius 2 is 2.38 bits per heavy atom. The first kappa shape index (κ1) is 15.2. The molecule has 0 radical (unpaired) electrons. The third-order valence-electron chi connectivity index (χ3n) is 4.55. The summed E-state index contributed by atoms with van der Waals surface area (Å²) in [5.41, 5.74) is 0.952. The number of nitrogens with zero attached hydrogens (tertiary/aromatic N) is 1. The molecule has 1 aromatic rings. The second-order valence-corrected chi connectivity index (χ2v) is 8.12. The number of nitrogens with one attached hydrogen (secondary N) is 1. The van der Waals surface area contributed by atoms with Crippen LogP contribution in [0.2, 0.25) is 0 Å². The maximum absolute atomic E-state index is 12.0. The maximum atomic E-state index is 12.0. The number of esters is 1. The van der Waals surface area contributed by atoms with E-state index in [1.165, 1.54) is 24.1 Å². The summed E-state index contributed by atoms with van der Waals surface area (Å²) in [6, 6.07) is 0. The minimum absolute atomic E-state index is 0.118.